The standard InChI is InChI=1S/C15H27N3/c1-17-12-4-5-13(17)8-14(7-12)18-9-11-3-2-6-16-15(11)10-18/h11-16H,2-10H2,1H3. The van der Waals surface area contributed by atoms with E-state index < -0.39 is 0 Å². The van der Waals surface area contributed by atoms with Crippen LogP contribution in [-0.4, -0.2) is 60.6 Å². The van der Waals surface area contributed by atoms with Crippen LogP contribution in [0.4, 0.5) is 0 Å². The van der Waals surface area contributed by atoms with Crippen molar-refractivity contribution in [3.63, 3.8) is 0 Å². The van der Waals surface area contributed by atoms with E-state index >= 15 is 0 Å². The molecule has 4 unspecified atom stereocenters. The molecular weight excluding hydrogens is 222 g/mol. The number of likely N-dealkylation sites (tertiary alicyclic amines) is 1. The van der Waals surface area contributed by atoms with Gasteiger partial charge >= 0.3 is 0 Å². The summed E-state index contributed by atoms with van der Waals surface area (Å²) in [6.45, 7) is 3.97. The molecule has 0 aromatic rings. The van der Waals surface area contributed by atoms with Gasteiger partial charge in [0.25, 0.3) is 0 Å². The first-order valence-electron chi connectivity index (χ1n) is 8.00. The lowest BCUT2D eigenvalue weighted by Gasteiger charge is -2.40. The molecule has 0 amide bonds. The highest BCUT2D eigenvalue weighted by Crippen LogP contribution is 2.38. The number of hydrogen-bond donors (Lipinski definition) is 1. The number of fused-ring (bicyclic) bond motifs is 3. The molecule has 4 aliphatic heterocycles. The van der Waals surface area contributed by atoms with Gasteiger partial charge in [-0.3, -0.25) is 4.90 Å². The Kier molecular flexibility index (Phi) is 2.90. The van der Waals surface area contributed by atoms with Crippen molar-refractivity contribution >= 4 is 0 Å². The summed E-state index contributed by atoms with van der Waals surface area (Å²) in [5, 5.41) is 3.74. The molecule has 4 atom stereocenters. The van der Waals surface area contributed by atoms with Gasteiger partial charge in [-0.25, -0.2) is 0 Å². The fraction of sp³-hybridized carbons (Fsp3) is 1.00. The minimum absolute atomic E-state index is 0.816. The molecule has 0 aliphatic carbocycles. The summed E-state index contributed by atoms with van der Waals surface area (Å²) in [6, 6.07) is 3.50. The Morgan fingerprint density at radius 1 is 0.944 bits per heavy atom. The van der Waals surface area contributed by atoms with E-state index in [2.05, 4.69) is 22.2 Å². The highest BCUT2D eigenvalue weighted by molar-refractivity contribution is 5.01. The molecule has 4 aliphatic rings. The second-order valence-corrected chi connectivity index (χ2v) is 7.09. The topological polar surface area (TPSA) is 18.5 Å². The molecule has 2 bridgehead atoms. The fourth-order valence-electron chi connectivity index (χ4n) is 5.06. The predicted octanol–water partition coefficient (Wildman–Crippen LogP) is 1.30. The van der Waals surface area contributed by atoms with E-state index in [1.807, 2.05) is 0 Å². The van der Waals surface area contributed by atoms with Gasteiger partial charge in [0.2, 0.25) is 0 Å². The SMILES string of the molecule is CN1C2CCC1CC(N1CC3CCCNC3C1)C2. The number of nitrogens with zero attached hydrogens (tertiary/aromatic N) is 2. The number of nitrogens with one attached hydrogen (secondary N) is 1. The van der Waals surface area contributed by atoms with Gasteiger partial charge in [-0.15, -0.1) is 0 Å². The largest absolute Gasteiger partial charge is 0.312 e. The molecule has 4 fully saturated rings. The van der Waals surface area contributed by atoms with Gasteiger partial charge in [0.05, 0.1) is 0 Å². The van der Waals surface area contributed by atoms with Crippen LogP contribution in [0.1, 0.15) is 38.5 Å². The zero-order valence-electron chi connectivity index (χ0n) is 11.6. The first-order chi connectivity index (χ1) is 8.81. The van der Waals surface area contributed by atoms with Crippen LogP contribution >= 0.6 is 0 Å². The Hall–Kier alpha value is -0.120. The van der Waals surface area contributed by atoms with Gasteiger partial charge in [-0.1, -0.05) is 0 Å². The smallest absolute Gasteiger partial charge is 0.0235 e. The van der Waals surface area contributed by atoms with Gasteiger partial charge in [-0.2, -0.15) is 0 Å². The number of piperidine rings is 2. The van der Waals surface area contributed by atoms with Crippen LogP contribution < -0.4 is 5.32 Å². The molecule has 0 aromatic carbocycles. The van der Waals surface area contributed by atoms with Crippen molar-refractivity contribution in [3.8, 4) is 0 Å². The molecule has 102 valence electrons. The van der Waals surface area contributed by atoms with Crippen LogP contribution in [0.25, 0.3) is 0 Å². The van der Waals surface area contributed by atoms with E-state index in [0.717, 1.165) is 30.1 Å². The monoisotopic (exact) mass is 249 g/mol. The average Bonchev–Trinajstić information content (AvgIpc) is 2.87. The Balaban J connectivity index is 1.43. The lowest BCUT2D eigenvalue weighted by molar-refractivity contribution is 0.0869. The maximum atomic E-state index is 3.74. The first-order valence-corrected chi connectivity index (χ1v) is 8.00. The van der Waals surface area contributed by atoms with Crippen molar-refractivity contribution in [2.75, 3.05) is 26.7 Å². The van der Waals surface area contributed by atoms with Crippen molar-refractivity contribution in [1.82, 2.24) is 15.1 Å². The Labute approximate surface area is 111 Å². The highest BCUT2D eigenvalue weighted by Gasteiger charge is 2.44. The molecule has 0 spiro atoms. The summed E-state index contributed by atoms with van der Waals surface area (Å²) < 4.78 is 0. The number of hydrogen-bond acceptors (Lipinski definition) is 3. The molecule has 0 radical (unpaired) electrons. The zero-order valence-corrected chi connectivity index (χ0v) is 11.6. The molecule has 18 heavy (non-hydrogen) atoms. The molecule has 4 saturated heterocycles. The summed E-state index contributed by atoms with van der Waals surface area (Å²) in [5.41, 5.74) is 0. The molecule has 0 saturated carbocycles. The second kappa shape index (κ2) is 4.46. The quantitative estimate of drug-likeness (QED) is 0.755. The molecule has 0 aromatic heterocycles. The Morgan fingerprint density at radius 2 is 1.72 bits per heavy atom. The average molecular weight is 249 g/mol. The summed E-state index contributed by atoms with van der Waals surface area (Å²) in [4.78, 5) is 5.50. The Bertz CT molecular complexity index is 291. The second-order valence-electron chi connectivity index (χ2n) is 7.09. The molecular formula is C15H27N3. The van der Waals surface area contributed by atoms with Crippen LogP contribution in [0.3, 0.4) is 0 Å². The lowest BCUT2D eigenvalue weighted by Crippen LogP contribution is -2.49. The fourth-order valence-corrected chi connectivity index (χ4v) is 5.06. The minimum Gasteiger partial charge on any atom is -0.312 e. The van der Waals surface area contributed by atoms with E-state index in [1.54, 1.807) is 0 Å². The molecule has 3 nitrogen and oxygen atoms in total. The van der Waals surface area contributed by atoms with Gasteiger partial charge in [0.15, 0.2) is 0 Å². The summed E-state index contributed by atoms with van der Waals surface area (Å²) in [5.74, 6) is 0.955. The van der Waals surface area contributed by atoms with E-state index in [-0.39, 0.29) is 0 Å². The van der Waals surface area contributed by atoms with Crippen LogP contribution in [0.2, 0.25) is 0 Å². The third-order valence-electron chi connectivity index (χ3n) is 6.22. The van der Waals surface area contributed by atoms with Crippen molar-refractivity contribution in [2.24, 2.45) is 5.92 Å². The van der Waals surface area contributed by atoms with Crippen LogP contribution in [0.5, 0.6) is 0 Å². The summed E-state index contributed by atoms with van der Waals surface area (Å²) >= 11 is 0. The predicted molar refractivity (Wildman–Crippen MR) is 73.7 cm³/mol. The Morgan fingerprint density at radius 3 is 2.44 bits per heavy atom. The normalized spacial score (nSPS) is 49.5. The summed E-state index contributed by atoms with van der Waals surface area (Å²) in [6.07, 6.45) is 8.65. The van der Waals surface area contributed by atoms with Gasteiger partial charge in [-0.05, 0) is 58.0 Å². The number of rotatable bonds is 1. The highest BCUT2D eigenvalue weighted by atomic mass is 15.3. The minimum atomic E-state index is 0.816. The summed E-state index contributed by atoms with van der Waals surface area (Å²) in [7, 11) is 2.35. The van der Waals surface area contributed by atoms with Gasteiger partial charge < -0.3 is 10.2 Å². The molecule has 3 heteroatoms. The zero-order chi connectivity index (χ0) is 12.1. The van der Waals surface area contributed by atoms with Crippen molar-refractivity contribution < 1.29 is 0 Å². The van der Waals surface area contributed by atoms with Crippen LogP contribution in [0.15, 0.2) is 0 Å². The van der Waals surface area contributed by atoms with Crippen LogP contribution in [0, 0.1) is 5.92 Å². The van der Waals surface area contributed by atoms with Crippen molar-refractivity contribution in [3.05, 3.63) is 0 Å². The third kappa shape index (κ3) is 1.83. The maximum Gasteiger partial charge on any atom is 0.0235 e. The van der Waals surface area contributed by atoms with Crippen molar-refractivity contribution in [1.29, 1.82) is 0 Å². The van der Waals surface area contributed by atoms with Crippen LogP contribution in [-0.2, 0) is 0 Å². The molecule has 4 rings (SSSR count). The molecule has 4 heterocycles. The van der Waals surface area contributed by atoms with E-state index in [0.29, 0.717) is 0 Å². The first kappa shape index (κ1) is 11.7. The third-order valence-corrected chi connectivity index (χ3v) is 6.22. The lowest BCUT2D eigenvalue weighted by atomic mass is 9.94. The van der Waals surface area contributed by atoms with Crippen molar-refractivity contribution in [2.45, 2.75) is 62.7 Å². The van der Waals surface area contributed by atoms with E-state index in [4.69, 9.17) is 0 Å². The van der Waals surface area contributed by atoms with Gasteiger partial charge in [0.1, 0.15) is 0 Å². The van der Waals surface area contributed by atoms with Gasteiger partial charge in [0, 0.05) is 37.3 Å². The maximum absolute atomic E-state index is 3.74. The van der Waals surface area contributed by atoms with E-state index in [1.165, 1.54) is 58.2 Å². The molecule has 1 N–H and O–H groups in total. The van der Waals surface area contributed by atoms with E-state index in [9.17, 15) is 0 Å².